The van der Waals surface area contributed by atoms with Crippen LogP contribution in [0.4, 0.5) is 4.79 Å². The smallest absolute Gasteiger partial charge is 0.410 e. The predicted molar refractivity (Wildman–Crippen MR) is 78.0 cm³/mol. The second kappa shape index (κ2) is 5.83. The van der Waals surface area contributed by atoms with Crippen molar-refractivity contribution in [2.75, 3.05) is 13.1 Å². The highest BCUT2D eigenvalue weighted by molar-refractivity contribution is 7.12. The molecule has 1 aliphatic heterocycles. The molecule has 2 heterocycles. The number of rotatable bonds is 2. The zero-order valence-electron chi connectivity index (χ0n) is 12.0. The number of nitrogens with one attached hydrogen (secondary N) is 1. The van der Waals surface area contributed by atoms with E-state index in [0.717, 1.165) is 6.42 Å². The summed E-state index contributed by atoms with van der Waals surface area (Å²) in [6, 6.07) is 3.64. The van der Waals surface area contributed by atoms with Crippen LogP contribution in [0.5, 0.6) is 0 Å². The monoisotopic (exact) mass is 296 g/mol. The van der Waals surface area contributed by atoms with Crippen molar-refractivity contribution < 1.29 is 14.3 Å². The van der Waals surface area contributed by atoms with E-state index in [-0.39, 0.29) is 18.0 Å². The molecule has 0 spiro atoms. The van der Waals surface area contributed by atoms with Gasteiger partial charge in [0.05, 0.1) is 4.88 Å². The highest BCUT2D eigenvalue weighted by Gasteiger charge is 2.30. The first-order chi connectivity index (χ1) is 9.35. The molecular formula is C14H20N2O3S. The van der Waals surface area contributed by atoms with Gasteiger partial charge in [-0.25, -0.2) is 4.79 Å². The maximum absolute atomic E-state index is 11.9. The van der Waals surface area contributed by atoms with Gasteiger partial charge >= 0.3 is 6.09 Å². The van der Waals surface area contributed by atoms with Gasteiger partial charge in [-0.05, 0) is 38.6 Å². The molecule has 1 fully saturated rings. The van der Waals surface area contributed by atoms with Gasteiger partial charge in [-0.1, -0.05) is 6.07 Å². The Bertz CT molecular complexity index is 479. The third kappa shape index (κ3) is 3.96. The summed E-state index contributed by atoms with van der Waals surface area (Å²) in [4.78, 5) is 26.2. The average molecular weight is 296 g/mol. The number of hydrogen-bond donors (Lipinski definition) is 1. The summed E-state index contributed by atoms with van der Waals surface area (Å²) < 4.78 is 5.32. The predicted octanol–water partition coefficient (Wildman–Crippen LogP) is 2.49. The Labute approximate surface area is 122 Å². The number of ether oxygens (including phenoxy) is 1. The lowest BCUT2D eigenvalue weighted by Crippen LogP contribution is -2.40. The normalized spacial score (nSPS) is 18.9. The van der Waals surface area contributed by atoms with E-state index >= 15 is 0 Å². The van der Waals surface area contributed by atoms with E-state index in [0.29, 0.717) is 18.0 Å². The molecule has 1 aromatic rings. The fraction of sp³-hybridized carbons (Fsp3) is 0.571. The van der Waals surface area contributed by atoms with Crippen molar-refractivity contribution in [3.8, 4) is 0 Å². The van der Waals surface area contributed by atoms with Gasteiger partial charge in [0, 0.05) is 19.1 Å². The van der Waals surface area contributed by atoms with Gasteiger partial charge in [-0.15, -0.1) is 11.3 Å². The third-order valence-corrected chi connectivity index (χ3v) is 3.79. The standard InChI is InChI=1S/C14H20N2O3S/c1-14(2,3)19-13(18)16-7-6-10(9-16)15-12(17)11-5-4-8-20-11/h4-5,8,10H,6-7,9H2,1-3H3,(H,15,17)/t10-/m0/s1. The number of amides is 2. The number of hydrogen-bond acceptors (Lipinski definition) is 4. The maximum Gasteiger partial charge on any atom is 0.410 e. The molecule has 1 aliphatic rings. The Morgan fingerprint density at radius 1 is 1.45 bits per heavy atom. The summed E-state index contributed by atoms with van der Waals surface area (Å²) in [5.41, 5.74) is -0.491. The molecular weight excluding hydrogens is 276 g/mol. The molecule has 2 amide bonds. The molecule has 0 aliphatic carbocycles. The molecule has 2 rings (SSSR count). The molecule has 0 unspecified atom stereocenters. The largest absolute Gasteiger partial charge is 0.444 e. The average Bonchev–Trinajstić information content (AvgIpc) is 2.97. The zero-order chi connectivity index (χ0) is 14.8. The van der Waals surface area contributed by atoms with E-state index in [2.05, 4.69) is 5.32 Å². The fourth-order valence-electron chi connectivity index (χ4n) is 2.03. The van der Waals surface area contributed by atoms with E-state index in [9.17, 15) is 9.59 Å². The minimum absolute atomic E-state index is 0.00267. The van der Waals surface area contributed by atoms with Gasteiger partial charge in [-0.3, -0.25) is 4.79 Å². The Hall–Kier alpha value is -1.56. The minimum atomic E-state index is -0.491. The second-order valence-electron chi connectivity index (χ2n) is 5.86. The molecule has 110 valence electrons. The lowest BCUT2D eigenvalue weighted by atomic mass is 10.2. The Morgan fingerprint density at radius 3 is 2.80 bits per heavy atom. The summed E-state index contributed by atoms with van der Waals surface area (Å²) in [5.74, 6) is -0.0731. The van der Waals surface area contributed by atoms with Crippen LogP contribution in [-0.2, 0) is 4.74 Å². The number of thiophene rings is 1. The van der Waals surface area contributed by atoms with E-state index in [1.165, 1.54) is 11.3 Å². The first-order valence-corrected chi connectivity index (χ1v) is 7.55. The van der Waals surface area contributed by atoms with Crippen molar-refractivity contribution in [2.24, 2.45) is 0 Å². The van der Waals surface area contributed by atoms with Gasteiger partial charge in [-0.2, -0.15) is 0 Å². The summed E-state index contributed by atoms with van der Waals surface area (Å²) in [5, 5.41) is 4.82. The molecule has 1 saturated heterocycles. The van der Waals surface area contributed by atoms with Crippen molar-refractivity contribution in [3.63, 3.8) is 0 Å². The quantitative estimate of drug-likeness (QED) is 0.912. The Balaban J connectivity index is 1.83. The SMILES string of the molecule is CC(C)(C)OC(=O)N1CC[C@H](NC(=O)c2cccs2)C1. The number of nitrogens with zero attached hydrogens (tertiary/aromatic N) is 1. The third-order valence-electron chi connectivity index (χ3n) is 2.92. The van der Waals surface area contributed by atoms with Gasteiger partial charge in [0.2, 0.25) is 0 Å². The van der Waals surface area contributed by atoms with Crippen LogP contribution in [-0.4, -0.2) is 41.6 Å². The maximum atomic E-state index is 11.9. The van der Waals surface area contributed by atoms with Crippen LogP contribution >= 0.6 is 11.3 Å². The first-order valence-electron chi connectivity index (χ1n) is 6.67. The van der Waals surface area contributed by atoms with Crippen LogP contribution in [0.3, 0.4) is 0 Å². The topological polar surface area (TPSA) is 58.6 Å². The Kier molecular flexibility index (Phi) is 4.32. The van der Waals surface area contributed by atoms with Crippen molar-refractivity contribution in [1.29, 1.82) is 0 Å². The molecule has 1 atom stereocenters. The van der Waals surface area contributed by atoms with Crippen molar-refractivity contribution >= 4 is 23.3 Å². The van der Waals surface area contributed by atoms with Crippen LogP contribution in [0, 0.1) is 0 Å². The highest BCUT2D eigenvalue weighted by Crippen LogP contribution is 2.16. The van der Waals surface area contributed by atoms with E-state index < -0.39 is 5.60 Å². The van der Waals surface area contributed by atoms with Gasteiger partial charge < -0.3 is 15.0 Å². The van der Waals surface area contributed by atoms with Gasteiger partial charge in [0.15, 0.2) is 0 Å². The molecule has 1 N–H and O–H groups in total. The summed E-state index contributed by atoms with van der Waals surface area (Å²) in [6.07, 6.45) is 0.446. The number of carbonyl (C=O) groups is 2. The van der Waals surface area contributed by atoms with Crippen LogP contribution in [0.2, 0.25) is 0 Å². The molecule has 0 radical (unpaired) electrons. The van der Waals surface area contributed by atoms with Crippen LogP contribution < -0.4 is 5.32 Å². The highest BCUT2D eigenvalue weighted by atomic mass is 32.1. The van der Waals surface area contributed by atoms with E-state index in [1.807, 2.05) is 32.2 Å². The minimum Gasteiger partial charge on any atom is -0.444 e. The first kappa shape index (κ1) is 14.8. The van der Waals surface area contributed by atoms with Crippen molar-refractivity contribution in [1.82, 2.24) is 10.2 Å². The Morgan fingerprint density at radius 2 is 2.20 bits per heavy atom. The second-order valence-corrected chi connectivity index (χ2v) is 6.81. The molecule has 0 saturated carbocycles. The number of likely N-dealkylation sites (tertiary alicyclic amines) is 1. The van der Waals surface area contributed by atoms with Gasteiger partial charge in [0.25, 0.3) is 5.91 Å². The van der Waals surface area contributed by atoms with Gasteiger partial charge in [0.1, 0.15) is 5.60 Å². The summed E-state index contributed by atoms with van der Waals surface area (Å²) in [7, 11) is 0. The molecule has 0 bridgehead atoms. The molecule has 20 heavy (non-hydrogen) atoms. The number of carbonyl (C=O) groups excluding carboxylic acids is 2. The fourth-order valence-corrected chi connectivity index (χ4v) is 2.66. The lowest BCUT2D eigenvalue weighted by Gasteiger charge is -2.24. The molecule has 0 aromatic carbocycles. The van der Waals surface area contributed by atoms with E-state index in [1.54, 1.807) is 11.0 Å². The molecule has 6 heteroatoms. The lowest BCUT2D eigenvalue weighted by molar-refractivity contribution is 0.0290. The summed E-state index contributed by atoms with van der Waals surface area (Å²) >= 11 is 1.41. The van der Waals surface area contributed by atoms with Crippen molar-refractivity contribution in [3.05, 3.63) is 22.4 Å². The molecule has 5 nitrogen and oxygen atoms in total. The van der Waals surface area contributed by atoms with Crippen molar-refractivity contribution in [2.45, 2.75) is 38.8 Å². The summed E-state index contributed by atoms with van der Waals surface area (Å²) in [6.45, 7) is 6.65. The van der Waals surface area contributed by atoms with Crippen LogP contribution in [0.1, 0.15) is 36.9 Å². The molecule has 1 aromatic heterocycles. The zero-order valence-corrected chi connectivity index (χ0v) is 12.8. The van der Waals surface area contributed by atoms with Crippen LogP contribution in [0.15, 0.2) is 17.5 Å². The van der Waals surface area contributed by atoms with E-state index in [4.69, 9.17) is 4.74 Å². The van der Waals surface area contributed by atoms with Crippen LogP contribution in [0.25, 0.3) is 0 Å².